The van der Waals surface area contributed by atoms with Gasteiger partial charge < -0.3 is 15.0 Å². The zero-order valence-electron chi connectivity index (χ0n) is 9.53. The van der Waals surface area contributed by atoms with Crippen molar-refractivity contribution in [3.8, 4) is 0 Å². The van der Waals surface area contributed by atoms with Gasteiger partial charge in [0.2, 0.25) is 5.91 Å². The Kier molecular flexibility index (Phi) is 3.26. The lowest BCUT2D eigenvalue weighted by Gasteiger charge is -2.28. The Morgan fingerprint density at radius 1 is 1.60 bits per heavy atom. The van der Waals surface area contributed by atoms with E-state index < -0.39 is 0 Å². The van der Waals surface area contributed by atoms with E-state index in [1.54, 1.807) is 0 Å². The highest BCUT2D eigenvalue weighted by Gasteiger charge is 2.40. The number of ether oxygens (including phenoxy) is 1. The number of hydrogen-bond donors (Lipinski definition) is 1. The van der Waals surface area contributed by atoms with E-state index >= 15 is 0 Å². The SMILES string of the molecule is CC1CC1C(=O)N(C)CC1CNCCO1. The Bertz CT molecular complexity index is 239. The van der Waals surface area contributed by atoms with Crippen molar-refractivity contribution < 1.29 is 9.53 Å². The molecule has 1 saturated heterocycles. The fraction of sp³-hybridized carbons (Fsp3) is 0.909. The predicted molar refractivity (Wildman–Crippen MR) is 57.5 cm³/mol. The first-order chi connectivity index (χ1) is 7.18. The Hall–Kier alpha value is -0.610. The van der Waals surface area contributed by atoms with Crippen molar-refractivity contribution >= 4 is 5.91 Å². The number of amides is 1. The molecule has 2 fully saturated rings. The first-order valence-electron chi connectivity index (χ1n) is 5.76. The van der Waals surface area contributed by atoms with Crippen LogP contribution >= 0.6 is 0 Å². The number of rotatable bonds is 3. The van der Waals surface area contributed by atoms with E-state index in [9.17, 15) is 4.79 Å². The summed E-state index contributed by atoms with van der Waals surface area (Å²) < 4.78 is 5.57. The average molecular weight is 212 g/mol. The second kappa shape index (κ2) is 4.49. The minimum atomic E-state index is 0.168. The number of likely N-dealkylation sites (N-methyl/N-ethyl adjacent to an activating group) is 1. The summed E-state index contributed by atoms with van der Waals surface area (Å²) in [5.41, 5.74) is 0. The van der Waals surface area contributed by atoms with Crippen LogP contribution in [0, 0.1) is 11.8 Å². The maximum absolute atomic E-state index is 11.8. The highest BCUT2D eigenvalue weighted by molar-refractivity contribution is 5.81. The van der Waals surface area contributed by atoms with E-state index in [0.29, 0.717) is 5.92 Å². The molecule has 86 valence electrons. The van der Waals surface area contributed by atoms with Gasteiger partial charge in [-0.25, -0.2) is 0 Å². The molecule has 3 unspecified atom stereocenters. The van der Waals surface area contributed by atoms with Crippen LogP contribution in [0.4, 0.5) is 0 Å². The summed E-state index contributed by atoms with van der Waals surface area (Å²) in [7, 11) is 1.88. The van der Waals surface area contributed by atoms with Crippen molar-refractivity contribution in [2.75, 3.05) is 33.3 Å². The first-order valence-corrected chi connectivity index (χ1v) is 5.76. The van der Waals surface area contributed by atoms with E-state index in [1.807, 2.05) is 11.9 Å². The van der Waals surface area contributed by atoms with Gasteiger partial charge in [0.05, 0.1) is 12.7 Å². The number of nitrogens with one attached hydrogen (secondary N) is 1. The number of morpholine rings is 1. The molecule has 0 bridgehead atoms. The molecule has 0 spiro atoms. The summed E-state index contributed by atoms with van der Waals surface area (Å²) in [5, 5.41) is 3.27. The molecule has 3 atom stereocenters. The Morgan fingerprint density at radius 3 is 2.87 bits per heavy atom. The van der Waals surface area contributed by atoms with Crippen LogP contribution in [0.1, 0.15) is 13.3 Å². The lowest BCUT2D eigenvalue weighted by molar-refractivity contribution is -0.133. The molecule has 0 aromatic carbocycles. The van der Waals surface area contributed by atoms with Crippen LogP contribution in [0.25, 0.3) is 0 Å². The third-order valence-electron chi connectivity index (χ3n) is 3.28. The number of hydrogen-bond acceptors (Lipinski definition) is 3. The van der Waals surface area contributed by atoms with Gasteiger partial charge in [0.15, 0.2) is 0 Å². The van der Waals surface area contributed by atoms with Crippen molar-refractivity contribution in [1.82, 2.24) is 10.2 Å². The Morgan fingerprint density at radius 2 is 2.33 bits per heavy atom. The Balaban J connectivity index is 1.75. The molecule has 4 nitrogen and oxygen atoms in total. The van der Waals surface area contributed by atoms with Gasteiger partial charge in [-0.05, 0) is 12.3 Å². The minimum Gasteiger partial charge on any atom is -0.374 e. The third-order valence-corrected chi connectivity index (χ3v) is 3.28. The first kappa shape index (κ1) is 10.9. The molecule has 15 heavy (non-hydrogen) atoms. The summed E-state index contributed by atoms with van der Waals surface area (Å²) >= 11 is 0. The molecular formula is C11H20N2O2. The maximum Gasteiger partial charge on any atom is 0.225 e. The van der Waals surface area contributed by atoms with Crippen LogP contribution in [-0.4, -0.2) is 50.2 Å². The lowest BCUT2D eigenvalue weighted by Crippen LogP contribution is -2.46. The molecular weight excluding hydrogens is 192 g/mol. The van der Waals surface area contributed by atoms with Crippen LogP contribution in [0.5, 0.6) is 0 Å². The molecule has 1 N–H and O–H groups in total. The van der Waals surface area contributed by atoms with E-state index in [-0.39, 0.29) is 17.9 Å². The summed E-state index contributed by atoms with van der Waals surface area (Å²) in [4.78, 5) is 13.7. The van der Waals surface area contributed by atoms with Gasteiger partial charge in [0.1, 0.15) is 0 Å². The van der Waals surface area contributed by atoms with Gasteiger partial charge in [-0.1, -0.05) is 6.92 Å². The smallest absolute Gasteiger partial charge is 0.225 e. The van der Waals surface area contributed by atoms with Crippen LogP contribution in [-0.2, 0) is 9.53 Å². The lowest BCUT2D eigenvalue weighted by atomic mass is 10.2. The largest absolute Gasteiger partial charge is 0.374 e. The van der Waals surface area contributed by atoms with Gasteiger partial charge in [-0.2, -0.15) is 0 Å². The summed E-state index contributed by atoms with van der Waals surface area (Å²) in [6.45, 7) is 5.39. The molecule has 4 heteroatoms. The van der Waals surface area contributed by atoms with E-state index in [2.05, 4.69) is 12.2 Å². The zero-order valence-corrected chi connectivity index (χ0v) is 9.53. The van der Waals surface area contributed by atoms with Crippen LogP contribution < -0.4 is 5.32 Å². The Labute approximate surface area is 91.0 Å². The molecule has 0 aromatic heterocycles. The quantitative estimate of drug-likeness (QED) is 0.721. The van der Waals surface area contributed by atoms with Crippen LogP contribution in [0.2, 0.25) is 0 Å². The minimum absolute atomic E-state index is 0.168. The number of nitrogens with zero attached hydrogens (tertiary/aromatic N) is 1. The van der Waals surface area contributed by atoms with Gasteiger partial charge in [0, 0.05) is 32.6 Å². The second-order valence-corrected chi connectivity index (χ2v) is 4.74. The van der Waals surface area contributed by atoms with Crippen LogP contribution in [0.15, 0.2) is 0 Å². The molecule has 1 amide bonds. The summed E-state index contributed by atoms with van der Waals surface area (Å²) in [6.07, 6.45) is 1.23. The molecule has 1 heterocycles. The van der Waals surface area contributed by atoms with E-state index in [4.69, 9.17) is 4.74 Å². The van der Waals surface area contributed by atoms with Crippen molar-refractivity contribution in [2.24, 2.45) is 11.8 Å². The molecule has 1 aliphatic heterocycles. The molecule has 1 aliphatic carbocycles. The van der Waals surface area contributed by atoms with Crippen molar-refractivity contribution in [1.29, 1.82) is 0 Å². The number of carbonyl (C=O) groups is 1. The predicted octanol–water partition coefficient (Wildman–Crippen LogP) is 0.0892. The topological polar surface area (TPSA) is 41.6 Å². The average Bonchev–Trinajstić information content (AvgIpc) is 2.96. The molecule has 1 saturated carbocycles. The second-order valence-electron chi connectivity index (χ2n) is 4.74. The monoisotopic (exact) mass is 212 g/mol. The maximum atomic E-state index is 11.8. The van der Waals surface area contributed by atoms with Gasteiger partial charge in [0.25, 0.3) is 0 Å². The fourth-order valence-corrected chi connectivity index (χ4v) is 2.08. The van der Waals surface area contributed by atoms with Crippen molar-refractivity contribution in [3.63, 3.8) is 0 Å². The van der Waals surface area contributed by atoms with Gasteiger partial charge in [-0.3, -0.25) is 4.79 Å². The van der Waals surface area contributed by atoms with E-state index in [1.165, 1.54) is 0 Å². The third kappa shape index (κ3) is 2.69. The molecule has 0 aromatic rings. The van der Waals surface area contributed by atoms with Gasteiger partial charge in [-0.15, -0.1) is 0 Å². The van der Waals surface area contributed by atoms with Crippen molar-refractivity contribution in [2.45, 2.75) is 19.4 Å². The fourth-order valence-electron chi connectivity index (χ4n) is 2.08. The summed E-state index contributed by atoms with van der Waals surface area (Å²) in [6, 6.07) is 0. The molecule has 0 radical (unpaired) electrons. The van der Waals surface area contributed by atoms with Crippen molar-refractivity contribution in [3.05, 3.63) is 0 Å². The standard InChI is InChI=1S/C11H20N2O2/c1-8-5-10(8)11(14)13(2)7-9-6-12-3-4-15-9/h8-10,12H,3-7H2,1-2H3. The van der Waals surface area contributed by atoms with Crippen LogP contribution in [0.3, 0.4) is 0 Å². The highest BCUT2D eigenvalue weighted by atomic mass is 16.5. The zero-order chi connectivity index (χ0) is 10.8. The number of carbonyl (C=O) groups excluding carboxylic acids is 1. The molecule has 2 aliphatic rings. The van der Waals surface area contributed by atoms with E-state index in [0.717, 1.165) is 32.7 Å². The molecule has 2 rings (SSSR count). The normalized spacial score (nSPS) is 34.9. The summed E-state index contributed by atoms with van der Waals surface area (Å²) in [5.74, 6) is 1.16. The highest BCUT2D eigenvalue weighted by Crippen LogP contribution is 2.38. The van der Waals surface area contributed by atoms with Gasteiger partial charge >= 0.3 is 0 Å².